The summed E-state index contributed by atoms with van der Waals surface area (Å²) in [4.78, 5) is 38.6. The highest BCUT2D eigenvalue weighted by molar-refractivity contribution is 5.76. The predicted molar refractivity (Wildman–Crippen MR) is 124 cm³/mol. The van der Waals surface area contributed by atoms with Crippen LogP contribution < -0.4 is 10.5 Å². The molecule has 0 unspecified atom stereocenters. The molecule has 0 radical (unpaired) electrons. The molecule has 0 saturated carbocycles. The molecule has 1 saturated heterocycles. The monoisotopic (exact) mass is 425 g/mol. The Balaban J connectivity index is 1.59. The number of benzene rings is 1. The Labute approximate surface area is 185 Å². The first-order chi connectivity index (χ1) is 15.1. The second-order valence-corrected chi connectivity index (χ2v) is 8.17. The fourth-order valence-corrected chi connectivity index (χ4v) is 3.93. The minimum atomic E-state index is -0.131. The number of nitrogens with one attached hydrogen (secondary N) is 1. The van der Waals surface area contributed by atoms with E-state index in [0.717, 1.165) is 38.0 Å². The largest absolute Gasteiger partial charge is 0.339 e. The number of H-pyrrole nitrogens is 1. The summed E-state index contributed by atoms with van der Waals surface area (Å²) in [5.41, 5.74) is 1.89. The number of hydrogen-bond acceptors (Lipinski definition) is 5. The van der Waals surface area contributed by atoms with E-state index in [9.17, 15) is 9.59 Å². The maximum Gasteiger partial charge on any atom is 0.252 e. The first-order valence-corrected chi connectivity index (χ1v) is 11.5. The maximum absolute atomic E-state index is 12.4. The van der Waals surface area contributed by atoms with Gasteiger partial charge >= 0.3 is 0 Å². The van der Waals surface area contributed by atoms with Gasteiger partial charge in [-0.05, 0) is 18.5 Å². The van der Waals surface area contributed by atoms with E-state index in [4.69, 9.17) is 4.98 Å². The van der Waals surface area contributed by atoms with Gasteiger partial charge in [0.25, 0.3) is 5.56 Å². The van der Waals surface area contributed by atoms with Crippen molar-refractivity contribution in [3.05, 3.63) is 58.0 Å². The topological polar surface area (TPSA) is 72.5 Å². The fourth-order valence-electron chi connectivity index (χ4n) is 3.93. The van der Waals surface area contributed by atoms with Gasteiger partial charge in [-0.25, -0.2) is 4.98 Å². The zero-order chi connectivity index (χ0) is 22.1. The molecule has 0 atom stereocenters. The normalized spacial score (nSPS) is 14.3. The molecule has 31 heavy (non-hydrogen) atoms. The molecular formula is C24H35N5O2. The summed E-state index contributed by atoms with van der Waals surface area (Å²) in [5.74, 6) is 0.846. The van der Waals surface area contributed by atoms with Gasteiger partial charge in [-0.2, -0.15) is 0 Å². The Morgan fingerprint density at radius 1 is 1.06 bits per heavy atom. The number of hydrogen-bond donors (Lipinski definition) is 1. The van der Waals surface area contributed by atoms with Crippen LogP contribution >= 0.6 is 0 Å². The molecule has 1 aromatic carbocycles. The van der Waals surface area contributed by atoms with E-state index < -0.39 is 0 Å². The predicted octanol–water partition coefficient (Wildman–Crippen LogP) is 3.02. The summed E-state index contributed by atoms with van der Waals surface area (Å²) < 4.78 is 0. The van der Waals surface area contributed by atoms with Crippen LogP contribution in [-0.2, 0) is 17.9 Å². The molecule has 1 aliphatic heterocycles. The van der Waals surface area contributed by atoms with E-state index in [-0.39, 0.29) is 11.5 Å². The van der Waals surface area contributed by atoms with Crippen LogP contribution in [0.5, 0.6) is 0 Å². The Morgan fingerprint density at radius 2 is 1.81 bits per heavy atom. The maximum atomic E-state index is 12.4. The van der Waals surface area contributed by atoms with Gasteiger partial charge in [0.05, 0.1) is 5.69 Å². The van der Waals surface area contributed by atoms with Crippen molar-refractivity contribution in [1.82, 2.24) is 19.8 Å². The van der Waals surface area contributed by atoms with Gasteiger partial charge in [0.2, 0.25) is 11.9 Å². The van der Waals surface area contributed by atoms with Crippen LogP contribution in [0.3, 0.4) is 0 Å². The molecule has 1 fully saturated rings. The minimum Gasteiger partial charge on any atom is -0.339 e. The van der Waals surface area contributed by atoms with Crippen molar-refractivity contribution in [3.8, 4) is 0 Å². The van der Waals surface area contributed by atoms with Gasteiger partial charge in [-0.3, -0.25) is 19.5 Å². The fraction of sp³-hybridized carbons (Fsp3) is 0.542. The second kappa shape index (κ2) is 11.6. The number of aromatic nitrogens is 2. The minimum absolute atomic E-state index is 0.131. The van der Waals surface area contributed by atoms with Gasteiger partial charge < -0.3 is 9.80 Å². The lowest BCUT2D eigenvalue weighted by molar-refractivity contribution is -0.131. The summed E-state index contributed by atoms with van der Waals surface area (Å²) in [6, 6.07) is 11.9. The van der Waals surface area contributed by atoms with Crippen LogP contribution in [0, 0.1) is 0 Å². The molecule has 2 heterocycles. The SMILES string of the molecule is CCCCCC(=O)N1CCN(c2nc(CN(CC)Cc3ccccc3)cc(=O)[nH]2)CC1. The number of aromatic amines is 1. The van der Waals surface area contributed by atoms with Crippen molar-refractivity contribution < 1.29 is 4.79 Å². The smallest absolute Gasteiger partial charge is 0.252 e. The third kappa shape index (κ3) is 6.92. The van der Waals surface area contributed by atoms with Gasteiger partial charge in [0.15, 0.2) is 0 Å². The lowest BCUT2D eigenvalue weighted by Gasteiger charge is -2.35. The van der Waals surface area contributed by atoms with E-state index in [1.54, 1.807) is 6.07 Å². The van der Waals surface area contributed by atoms with Crippen LogP contribution in [0.25, 0.3) is 0 Å². The van der Waals surface area contributed by atoms with Crippen LogP contribution in [-0.4, -0.2) is 58.4 Å². The van der Waals surface area contributed by atoms with Crippen LogP contribution in [0.2, 0.25) is 0 Å². The molecule has 0 spiro atoms. The zero-order valence-corrected chi connectivity index (χ0v) is 18.8. The number of nitrogens with zero attached hydrogens (tertiary/aromatic N) is 4. The highest BCUT2D eigenvalue weighted by Crippen LogP contribution is 2.14. The van der Waals surface area contributed by atoms with Crippen LogP contribution in [0.15, 0.2) is 41.2 Å². The number of carbonyl (C=O) groups is 1. The molecule has 0 aliphatic carbocycles. The molecule has 168 valence electrons. The lowest BCUT2D eigenvalue weighted by Crippen LogP contribution is -2.49. The molecule has 0 bridgehead atoms. The molecule has 1 aliphatic rings. The molecule has 3 rings (SSSR count). The van der Waals surface area contributed by atoms with E-state index in [0.29, 0.717) is 45.1 Å². The summed E-state index contributed by atoms with van der Waals surface area (Å²) >= 11 is 0. The Hall–Kier alpha value is -2.67. The Morgan fingerprint density at radius 3 is 2.48 bits per heavy atom. The highest BCUT2D eigenvalue weighted by atomic mass is 16.2. The van der Waals surface area contributed by atoms with Crippen molar-refractivity contribution in [2.75, 3.05) is 37.6 Å². The number of anilines is 1. The van der Waals surface area contributed by atoms with E-state index in [2.05, 4.69) is 40.8 Å². The summed E-state index contributed by atoms with van der Waals surface area (Å²) in [6.45, 7) is 9.30. The number of piperazine rings is 1. The lowest BCUT2D eigenvalue weighted by atomic mass is 10.2. The van der Waals surface area contributed by atoms with Crippen molar-refractivity contribution in [1.29, 1.82) is 0 Å². The summed E-state index contributed by atoms with van der Waals surface area (Å²) in [6.07, 6.45) is 3.82. The number of unbranched alkanes of at least 4 members (excludes halogenated alkanes) is 2. The molecule has 1 amide bonds. The van der Waals surface area contributed by atoms with Gasteiger partial charge in [-0.1, -0.05) is 57.0 Å². The number of amides is 1. The number of carbonyl (C=O) groups excluding carboxylic acids is 1. The Bertz CT molecular complexity index is 875. The summed E-state index contributed by atoms with van der Waals surface area (Å²) in [7, 11) is 0. The van der Waals surface area contributed by atoms with Crippen molar-refractivity contribution in [2.24, 2.45) is 0 Å². The molecular weight excluding hydrogens is 390 g/mol. The molecule has 1 aromatic heterocycles. The highest BCUT2D eigenvalue weighted by Gasteiger charge is 2.22. The average molecular weight is 426 g/mol. The van der Waals surface area contributed by atoms with E-state index in [1.165, 1.54) is 5.56 Å². The first kappa shape index (κ1) is 23.0. The molecule has 7 heteroatoms. The van der Waals surface area contributed by atoms with Gasteiger partial charge in [0.1, 0.15) is 0 Å². The quantitative estimate of drug-likeness (QED) is 0.593. The van der Waals surface area contributed by atoms with Crippen molar-refractivity contribution in [3.63, 3.8) is 0 Å². The van der Waals surface area contributed by atoms with Gasteiger partial charge in [-0.15, -0.1) is 0 Å². The third-order valence-electron chi connectivity index (χ3n) is 5.79. The zero-order valence-electron chi connectivity index (χ0n) is 18.8. The van der Waals surface area contributed by atoms with E-state index in [1.807, 2.05) is 23.1 Å². The molecule has 1 N–H and O–H groups in total. The standard InChI is InChI=1S/C24H35N5O2/c1-3-5-7-12-23(31)28-13-15-29(16-14-28)24-25-21(17-22(30)26-24)19-27(4-2)18-20-10-8-6-9-11-20/h6,8-11,17H,3-5,7,12-16,18-19H2,1-2H3,(H,25,26,30). The van der Waals surface area contributed by atoms with Crippen LogP contribution in [0.4, 0.5) is 5.95 Å². The second-order valence-electron chi connectivity index (χ2n) is 8.17. The third-order valence-corrected chi connectivity index (χ3v) is 5.79. The first-order valence-electron chi connectivity index (χ1n) is 11.5. The Kier molecular flexibility index (Phi) is 8.64. The average Bonchev–Trinajstić information content (AvgIpc) is 2.79. The van der Waals surface area contributed by atoms with Crippen molar-refractivity contribution >= 4 is 11.9 Å². The summed E-state index contributed by atoms with van der Waals surface area (Å²) in [5, 5.41) is 0. The molecule has 7 nitrogen and oxygen atoms in total. The number of rotatable bonds is 10. The van der Waals surface area contributed by atoms with Crippen LogP contribution in [0.1, 0.15) is 50.8 Å². The molecule has 2 aromatic rings. The van der Waals surface area contributed by atoms with Crippen molar-refractivity contribution in [2.45, 2.75) is 52.6 Å². The van der Waals surface area contributed by atoms with Gasteiger partial charge in [0, 0.05) is 51.8 Å². The van der Waals surface area contributed by atoms with E-state index >= 15 is 0 Å².